The maximum atomic E-state index is 12.3. The van der Waals surface area contributed by atoms with Gasteiger partial charge in [-0.2, -0.15) is 26.3 Å². The molecule has 156 valence electrons. The number of alkyl halides is 6. The van der Waals surface area contributed by atoms with E-state index >= 15 is 0 Å². The first-order valence-corrected chi connectivity index (χ1v) is 8.24. The van der Waals surface area contributed by atoms with E-state index in [2.05, 4.69) is 12.2 Å². The summed E-state index contributed by atoms with van der Waals surface area (Å²) in [5.74, 6) is 0.324. The number of aliphatic hydroxyl groups excluding tert-OH is 1. The Morgan fingerprint density at radius 1 is 0.929 bits per heavy atom. The SMILES string of the molecule is CNC(C)c1cccc(O)c1.OCCc1cc(C(F)(F)F)cc(C(F)(F)F)c1. The molecule has 9 heteroatoms. The summed E-state index contributed by atoms with van der Waals surface area (Å²) in [6, 6.07) is 8.83. The Hall–Kier alpha value is -2.26. The topological polar surface area (TPSA) is 52.5 Å². The summed E-state index contributed by atoms with van der Waals surface area (Å²) in [7, 11) is 1.90. The van der Waals surface area contributed by atoms with E-state index in [1.165, 1.54) is 0 Å². The van der Waals surface area contributed by atoms with Gasteiger partial charge in [-0.3, -0.25) is 0 Å². The second-order valence-electron chi connectivity index (χ2n) is 5.99. The van der Waals surface area contributed by atoms with Crippen LogP contribution in [-0.4, -0.2) is 23.9 Å². The third-order valence-electron chi connectivity index (χ3n) is 3.85. The van der Waals surface area contributed by atoms with Gasteiger partial charge in [0, 0.05) is 12.6 Å². The van der Waals surface area contributed by atoms with Crippen LogP contribution in [0.15, 0.2) is 42.5 Å². The van der Waals surface area contributed by atoms with E-state index in [0.717, 1.165) is 5.56 Å². The molecule has 0 fully saturated rings. The number of phenolic OH excluding ortho intramolecular Hbond substituents is 1. The molecule has 0 amide bonds. The fourth-order valence-electron chi connectivity index (χ4n) is 2.25. The molecule has 0 aliphatic carbocycles. The Morgan fingerprint density at radius 3 is 1.86 bits per heavy atom. The summed E-state index contributed by atoms with van der Waals surface area (Å²) in [5.41, 5.74) is -1.83. The average Bonchev–Trinajstić information content (AvgIpc) is 2.60. The van der Waals surface area contributed by atoms with Gasteiger partial charge in [0.05, 0.1) is 11.1 Å². The highest BCUT2D eigenvalue weighted by atomic mass is 19.4. The normalized spacial score (nSPS) is 12.9. The number of aliphatic hydroxyl groups is 1. The van der Waals surface area contributed by atoms with Crippen molar-refractivity contribution in [3.8, 4) is 5.75 Å². The van der Waals surface area contributed by atoms with E-state index in [1.807, 2.05) is 19.2 Å². The van der Waals surface area contributed by atoms with Gasteiger partial charge in [0.25, 0.3) is 0 Å². The number of hydrogen-bond donors (Lipinski definition) is 3. The van der Waals surface area contributed by atoms with Crippen molar-refractivity contribution < 1.29 is 36.6 Å². The fraction of sp³-hybridized carbons (Fsp3) is 0.368. The van der Waals surface area contributed by atoms with Gasteiger partial charge in [0.15, 0.2) is 0 Å². The molecular formula is C19H21F6NO2. The molecule has 1 atom stereocenters. The minimum atomic E-state index is -4.84. The summed E-state index contributed by atoms with van der Waals surface area (Å²) in [6.45, 7) is 1.54. The number of nitrogens with one attached hydrogen (secondary N) is 1. The number of phenols is 1. The lowest BCUT2D eigenvalue weighted by atomic mass is 10.0. The smallest absolute Gasteiger partial charge is 0.416 e. The largest absolute Gasteiger partial charge is 0.508 e. The zero-order valence-corrected chi connectivity index (χ0v) is 15.2. The molecule has 0 spiro atoms. The van der Waals surface area contributed by atoms with Crippen LogP contribution < -0.4 is 5.32 Å². The Bertz CT molecular complexity index is 727. The Morgan fingerprint density at radius 2 is 1.46 bits per heavy atom. The zero-order valence-electron chi connectivity index (χ0n) is 15.2. The third-order valence-corrected chi connectivity index (χ3v) is 3.85. The molecule has 0 aliphatic rings. The lowest BCUT2D eigenvalue weighted by molar-refractivity contribution is -0.143. The molecule has 3 nitrogen and oxygen atoms in total. The molecule has 1 unspecified atom stereocenters. The van der Waals surface area contributed by atoms with Crippen molar-refractivity contribution in [2.24, 2.45) is 0 Å². The molecule has 2 aromatic carbocycles. The van der Waals surface area contributed by atoms with E-state index < -0.39 is 30.1 Å². The first-order valence-electron chi connectivity index (χ1n) is 8.24. The molecular weight excluding hydrogens is 388 g/mol. The maximum Gasteiger partial charge on any atom is 0.416 e. The predicted octanol–water partition coefficient (Wildman–Crippen LogP) is 4.93. The molecule has 0 saturated carbocycles. The van der Waals surface area contributed by atoms with Crippen LogP contribution in [0.2, 0.25) is 0 Å². The molecule has 28 heavy (non-hydrogen) atoms. The van der Waals surface area contributed by atoms with Crippen LogP contribution in [0, 0.1) is 0 Å². The van der Waals surface area contributed by atoms with E-state index in [1.54, 1.807) is 12.1 Å². The van der Waals surface area contributed by atoms with Crippen LogP contribution in [0.1, 0.15) is 35.2 Å². The molecule has 2 rings (SSSR count). The number of halogens is 6. The third kappa shape index (κ3) is 7.40. The van der Waals surface area contributed by atoms with Gasteiger partial charge in [0.2, 0.25) is 0 Å². The second-order valence-corrected chi connectivity index (χ2v) is 5.99. The Labute approximate surface area is 158 Å². The molecule has 2 aromatic rings. The van der Waals surface area contributed by atoms with Crippen LogP contribution in [0.3, 0.4) is 0 Å². The lowest BCUT2D eigenvalue weighted by Crippen LogP contribution is -2.12. The molecule has 0 aromatic heterocycles. The van der Waals surface area contributed by atoms with Crippen LogP contribution in [0.5, 0.6) is 5.75 Å². The predicted molar refractivity (Wildman–Crippen MR) is 92.8 cm³/mol. The molecule has 0 saturated heterocycles. The molecule has 0 bridgehead atoms. The Kier molecular flexibility index (Phi) is 8.31. The van der Waals surface area contributed by atoms with Gasteiger partial charge >= 0.3 is 12.4 Å². The van der Waals surface area contributed by atoms with Gasteiger partial charge in [-0.15, -0.1) is 0 Å². The minimum absolute atomic E-state index is 0.0564. The van der Waals surface area contributed by atoms with Gasteiger partial charge in [-0.1, -0.05) is 12.1 Å². The molecule has 3 N–H and O–H groups in total. The summed E-state index contributed by atoms with van der Waals surface area (Å²) in [4.78, 5) is 0. The van der Waals surface area contributed by atoms with Crippen LogP contribution in [0.4, 0.5) is 26.3 Å². The van der Waals surface area contributed by atoms with Crippen LogP contribution in [-0.2, 0) is 18.8 Å². The highest BCUT2D eigenvalue weighted by Crippen LogP contribution is 2.36. The first kappa shape index (κ1) is 23.8. The number of hydrogen-bond acceptors (Lipinski definition) is 3. The maximum absolute atomic E-state index is 12.3. The van der Waals surface area contributed by atoms with Crippen molar-refractivity contribution in [2.45, 2.75) is 31.7 Å². The van der Waals surface area contributed by atoms with Crippen molar-refractivity contribution in [3.05, 3.63) is 64.7 Å². The van der Waals surface area contributed by atoms with Crippen LogP contribution >= 0.6 is 0 Å². The highest BCUT2D eigenvalue weighted by molar-refractivity contribution is 5.33. The van der Waals surface area contributed by atoms with E-state index in [-0.39, 0.29) is 18.1 Å². The van der Waals surface area contributed by atoms with E-state index in [4.69, 9.17) is 10.2 Å². The van der Waals surface area contributed by atoms with Gasteiger partial charge < -0.3 is 15.5 Å². The average molecular weight is 409 g/mol. The number of aromatic hydroxyl groups is 1. The zero-order chi connectivity index (χ0) is 21.5. The quantitative estimate of drug-likeness (QED) is 0.628. The van der Waals surface area contributed by atoms with Crippen molar-refractivity contribution in [3.63, 3.8) is 0 Å². The summed E-state index contributed by atoms with van der Waals surface area (Å²) >= 11 is 0. The number of benzene rings is 2. The fourth-order valence-corrected chi connectivity index (χ4v) is 2.25. The summed E-state index contributed by atoms with van der Waals surface area (Å²) in [5, 5.41) is 20.8. The van der Waals surface area contributed by atoms with E-state index in [0.29, 0.717) is 23.9 Å². The monoisotopic (exact) mass is 409 g/mol. The van der Waals surface area contributed by atoms with Crippen molar-refractivity contribution in [1.82, 2.24) is 5.32 Å². The van der Waals surface area contributed by atoms with Crippen molar-refractivity contribution in [1.29, 1.82) is 0 Å². The minimum Gasteiger partial charge on any atom is -0.508 e. The molecule has 0 radical (unpaired) electrons. The summed E-state index contributed by atoms with van der Waals surface area (Å²) < 4.78 is 74.1. The van der Waals surface area contributed by atoms with Crippen molar-refractivity contribution in [2.75, 3.05) is 13.7 Å². The number of rotatable bonds is 4. The second kappa shape index (κ2) is 9.79. The standard InChI is InChI=1S/C10H8F6O.C9H13NO/c11-9(12,13)7-3-6(1-2-17)4-8(5-7)10(14,15)16;1-7(10-2)8-4-3-5-9(11)6-8/h3-5,17H,1-2H2;3-7,10-11H,1-2H3. The molecule has 0 heterocycles. The Balaban J connectivity index is 0.000000307. The highest BCUT2D eigenvalue weighted by Gasteiger charge is 2.36. The van der Waals surface area contributed by atoms with Crippen molar-refractivity contribution >= 4 is 0 Å². The van der Waals surface area contributed by atoms with E-state index in [9.17, 15) is 26.3 Å². The van der Waals surface area contributed by atoms with Gasteiger partial charge in [0.1, 0.15) is 5.75 Å². The first-order chi connectivity index (χ1) is 12.9. The lowest BCUT2D eigenvalue weighted by Gasteiger charge is -2.13. The van der Waals surface area contributed by atoms with Gasteiger partial charge in [-0.25, -0.2) is 0 Å². The van der Waals surface area contributed by atoms with Gasteiger partial charge in [-0.05, 0) is 61.9 Å². The summed E-state index contributed by atoms with van der Waals surface area (Å²) in [6.07, 6.45) is -9.94. The molecule has 0 aliphatic heterocycles. The van der Waals surface area contributed by atoms with Crippen LogP contribution in [0.25, 0.3) is 0 Å².